The van der Waals surface area contributed by atoms with Gasteiger partial charge in [0.05, 0.1) is 13.2 Å². The molecule has 0 aliphatic carbocycles. The molecule has 0 radical (unpaired) electrons. The Kier molecular flexibility index (Phi) is 9.00. The van der Waals surface area contributed by atoms with E-state index in [4.69, 9.17) is 4.74 Å². The quantitative estimate of drug-likeness (QED) is 0.455. The minimum atomic E-state index is 0.614. The molecule has 0 amide bonds. The summed E-state index contributed by atoms with van der Waals surface area (Å²) in [6, 6.07) is 0.614. The minimum Gasteiger partial charge on any atom is -0.376 e. The van der Waals surface area contributed by atoms with Crippen molar-refractivity contribution in [3.63, 3.8) is 0 Å². The van der Waals surface area contributed by atoms with Crippen LogP contribution < -0.4 is 5.32 Å². The van der Waals surface area contributed by atoms with E-state index in [1.54, 1.807) is 0 Å². The van der Waals surface area contributed by atoms with Crippen molar-refractivity contribution < 1.29 is 4.74 Å². The zero-order valence-corrected chi connectivity index (χ0v) is 9.94. The van der Waals surface area contributed by atoms with Crippen LogP contribution in [0.25, 0.3) is 0 Å². The van der Waals surface area contributed by atoms with Gasteiger partial charge in [0.1, 0.15) is 0 Å². The largest absolute Gasteiger partial charge is 0.376 e. The van der Waals surface area contributed by atoms with Gasteiger partial charge in [-0.2, -0.15) is 0 Å². The Labute approximate surface area is 88.7 Å². The number of hydrogen-bond acceptors (Lipinski definition) is 2. The van der Waals surface area contributed by atoms with Crippen molar-refractivity contribution in [2.75, 3.05) is 19.8 Å². The second-order valence-corrected chi connectivity index (χ2v) is 4.01. The standard InChI is InChI=1S/C12H25NO/c1-5-6-7-12(4)13-8-9-14-10-11(2)3/h12-13H,2,5-10H2,1,3-4H3. The molecule has 0 aliphatic rings. The molecular weight excluding hydrogens is 174 g/mol. The summed E-state index contributed by atoms with van der Waals surface area (Å²) < 4.78 is 5.39. The molecule has 0 heterocycles. The molecule has 0 saturated carbocycles. The topological polar surface area (TPSA) is 21.3 Å². The number of ether oxygens (including phenoxy) is 1. The summed E-state index contributed by atoms with van der Waals surface area (Å²) in [5.74, 6) is 0. The Bertz CT molecular complexity index is 145. The first-order valence-corrected chi connectivity index (χ1v) is 5.62. The van der Waals surface area contributed by atoms with Crippen molar-refractivity contribution in [3.05, 3.63) is 12.2 Å². The molecule has 0 aromatic heterocycles. The van der Waals surface area contributed by atoms with Gasteiger partial charge in [-0.25, -0.2) is 0 Å². The average molecular weight is 199 g/mol. The summed E-state index contributed by atoms with van der Waals surface area (Å²) in [5, 5.41) is 3.44. The van der Waals surface area contributed by atoms with E-state index in [1.807, 2.05) is 6.92 Å². The molecule has 2 nitrogen and oxygen atoms in total. The highest BCUT2D eigenvalue weighted by Crippen LogP contribution is 1.98. The van der Waals surface area contributed by atoms with Gasteiger partial charge < -0.3 is 10.1 Å². The van der Waals surface area contributed by atoms with Crippen molar-refractivity contribution in [1.82, 2.24) is 5.32 Å². The van der Waals surface area contributed by atoms with E-state index in [0.29, 0.717) is 12.6 Å². The number of rotatable bonds is 9. The van der Waals surface area contributed by atoms with Crippen molar-refractivity contribution in [2.45, 2.75) is 46.1 Å². The van der Waals surface area contributed by atoms with E-state index in [9.17, 15) is 0 Å². The highest BCUT2D eigenvalue weighted by molar-refractivity contribution is 4.87. The maximum atomic E-state index is 5.39. The minimum absolute atomic E-state index is 0.614. The molecule has 0 aliphatic heterocycles. The molecule has 0 spiro atoms. The average Bonchev–Trinajstić information content (AvgIpc) is 2.13. The number of unbranched alkanes of at least 4 members (excludes halogenated alkanes) is 1. The van der Waals surface area contributed by atoms with E-state index in [2.05, 4.69) is 25.7 Å². The molecule has 0 saturated heterocycles. The van der Waals surface area contributed by atoms with Gasteiger partial charge in [-0.05, 0) is 20.3 Å². The Balaban J connectivity index is 3.14. The molecule has 1 N–H and O–H groups in total. The van der Waals surface area contributed by atoms with Crippen LogP contribution in [0.5, 0.6) is 0 Å². The monoisotopic (exact) mass is 199 g/mol. The van der Waals surface area contributed by atoms with Crippen LogP contribution in [-0.2, 0) is 4.74 Å². The van der Waals surface area contributed by atoms with Crippen LogP contribution in [0.2, 0.25) is 0 Å². The highest BCUT2D eigenvalue weighted by Gasteiger charge is 1.98. The second kappa shape index (κ2) is 9.22. The molecule has 0 fully saturated rings. The lowest BCUT2D eigenvalue weighted by molar-refractivity contribution is 0.155. The van der Waals surface area contributed by atoms with Crippen LogP contribution in [0, 0.1) is 0 Å². The maximum Gasteiger partial charge on any atom is 0.0672 e. The van der Waals surface area contributed by atoms with Crippen molar-refractivity contribution >= 4 is 0 Å². The highest BCUT2D eigenvalue weighted by atomic mass is 16.5. The number of hydrogen-bond donors (Lipinski definition) is 1. The fraction of sp³-hybridized carbons (Fsp3) is 0.833. The van der Waals surface area contributed by atoms with Gasteiger partial charge in [-0.3, -0.25) is 0 Å². The summed E-state index contributed by atoms with van der Waals surface area (Å²) in [7, 11) is 0. The third-order valence-electron chi connectivity index (χ3n) is 2.08. The van der Waals surface area contributed by atoms with Crippen LogP contribution in [0.1, 0.15) is 40.0 Å². The van der Waals surface area contributed by atoms with Gasteiger partial charge in [-0.1, -0.05) is 31.9 Å². The molecule has 2 heteroatoms. The van der Waals surface area contributed by atoms with Crippen molar-refractivity contribution in [1.29, 1.82) is 0 Å². The molecule has 0 bridgehead atoms. The van der Waals surface area contributed by atoms with Gasteiger partial charge in [0.25, 0.3) is 0 Å². The molecule has 0 aromatic rings. The lowest BCUT2D eigenvalue weighted by atomic mass is 10.1. The van der Waals surface area contributed by atoms with Gasteiger partial charge in [0, 0.05) is 12.6 Å². The van der Waals surface area contributed by atoms with E-state index >= 15 is 0 Å². The molecule has 0 aromatic carbocycles. The van der Waals surface area contributed by atoms with E-state index in [-0.39, 0.29) is 0 Å². The SMILES string of the molecule is C=C(C)COCCNC(C)CCCC. The van der Waals surface area contributed by atoms with E-state index in [1.165, 1.54) is 19.3 Å². The predicted molar refractivity (Wildman–Crippen MR) is 62.6 cm³/mol. The fourth-order valence-corrected chi connectivity index (χ4v) is 1.24. The van der Waals surface area contributed by atoms with Crippen LogP contribution >= 0.6 is 0 Å². The third-order valence-corrected chi connectivity index (χ3v) is 2.08. The van der Waals surface area contributed by atoms with Gasteiger partial charge >= 0.3 is 0 Å². The van der Waals surface area contributed by atoms with Crippen LogP contribution in [0.3, 0.4) is 0 Å². The zero-order chi connectivity index (χ0) is 10.8. The van der Waals surface area contributed by atoms with E-state index < -0.39 is 0 Å². The lowest BCUT2D eigenvalue weighted by Gasteiger charge is -2.13. The Morgan fingerprint density at radius 2 is 2.21 bits per heavy atom. The Hall–Kier alpha value is -0.340. The summed E-state index contributed by atoms with van der Waals surface area (Å²) in [6.45, 7) is 12.6. The smallest absolute Gasteiger partial charge is 0.0672 e. The first-order chi connectivity index (χ1) is 6.66. The van der Waals surface area contributed by atoms with E-state index in [0.717, 1.165) is 18.7 Å². The van der Waals surface area contributed by atoms with Crippen LogP contribution in [-0.4, -0.2) is 25.8 Å². The van der Waals surface area contributed by atoms with Crippen LogP contribution in [0.15, 0.2) is 12.2 Å². The van der Waals surface area contributed by atoms with Gasteiger partial charge in [0.15, 0.2) is 0 Å². The summed E-state index contributed by atoms with van der Waals surface area (Å²) in [6.07, 6.45) is 3.84. The second-order valence-electron chi connectivity index (χ2n) is 4.01. The third kappa shape index (κ3) is 9.75. The van der Waals surface area contributed by atoms with Gasteiger partial charge in [-0.15, -0.1) is 0 Å². The summed E-state index contributed by atoms with van der Waals surface area (Å²) >= 11 is 0. The number of nitrogens with one attached hydrogen (secondary N) is 1. The lowest BCUT2D eigenvalue weighted by Crippen LogP contribution is -2.29. The molecule has 0 rings (SSSR count). The molecular formula is C12H25NO. The normalized spacial score (nSPS) is 12.8. The fourth-order valence-electron chi connectivity index (χ4n) is 1.24. The Morgan fingerprint density at radius 3 is 2.79 bits per heavy atom. The first-order valence-electron chi connectivity index (χ1n) is 5.62. The zero-order valence-electron chi connectivity index (χ0n) is 9.94. The molecule has 1 atom stereocenters. The maximum absolute atomic E-state index is 5.39. The molecule has 1 unspecified atom stereocenters. The molecule has 84 valence electrons. The molecule has 14 heavy (non-hydrogen) atoms. The van der Waals surface area contributed by atoms with Crippen molar-refractivity contribution in [2.24, 2.45) is 0 Å². The van der Waals surface area contributed by atoms with Crippen LogP contribution in [0.4, 0.5) is 0 Å². The Morgan fingerprint density at radius 1 is 1.50 bits per heavy atom. The summed E-state index contributed by atoms with van der Waals surface area (Å²) in [4.78, 5) is 0. The van der Waals surface area contributed by atoms with Gasteiger partial charge in [0.2, 0.25) is 0 Å². The summed E-state index contributed by atoms with van der Waals surface area (Å²) in [5.41, 5.74) is 1.09. The predicted octanol–water partition coefficient (Wildman–Crippen LogP) is 2.75. The first kappa shape index (κ1) is 13.7. The van der Waals surface area contributed by atoms with Crippen molar-refractivity contribution in [3.8, 4) is 0 Å².